The molecule has 110 valence electrons. The molecule has 21 heavy (non-hydrogen) atoms. The van der Waals surface area contributed by atoms with Crippen molar-refractivity contribution in [3.63, 3.8) is 0 Å². The molecule has 5 heteroatoms. The Morgan fingerprint density at radius 1 is 1.19 bits per heavy atom. The lowest BCUT2D eigenvalue weighted by molar-refractivity contribution is 0.103. The van der Waals surface area contributed by atoms with Crippen LogP contribution in [-0.4, -0.2) is 5.91 Å². The molecule has 1 amide bonds. The molecule has 1 N–H and O–H groups in total. The molecule has 0 aliphatic heterocycles. The van der Waals surface area contributed by atoms with Gasteiger partial charge in [-0.3, -0.25) is 4.79 Å². The van der Waals surface area contributed by atoms with E-state index >= 15 is 0 Å². The van der Waals surface area contributed by atoms with Gasteiger partial charge in [-0.05, 0) is 55.5 Å². The fourth-order valence-electron chi connectivity index (χ4n) is 2.55. The van der Waals surface area contributed by atoms with Crippen molar-refractivity contribution in [2.75, 3.05) is 5.32 Å². The first-order chi connectivity index (χ1) is 10.1. The molecule has 3 rings (SSSR count). The quantitative estimate of drug-likeness (QED) is 0.728. The number of carbonyl (C=O) groups excluding carboxylic acids is 1. The molecule has 0 radical (unpaired) electrons. The molecule has 0 spiro atoms. The predicted octanol–water partition coefficient (Wildman–Crippen LogP) is 5.17. The minimum atomic E-state index is -0.434. The van der Waals surface area contributed by atoms with Gasteiger partial charge in [-0.1, -0.05) is 22.4 Å². The summed E-state index contributed by atoms with van der Waals surface area (Å²) >= 11 is 4.74. The molecule has 1 aromatic heterocycles. The first-order valence-corrected chi connectivity index (χ1v) is 8.62. The Balaban J connectivity index is 1.79. The van der Waals surface area contributed by atoms with Crippen molar-refractivity contribution in [3.05, 3.63) is 49.9 Å². The Hall–Kier alpha value is -1.20. The van der Waals surface area contributed by atoms with Gasteiger partial charge in [-0.25, -0.2) is 4.39 Å². The van der Waals surface area contributed by atoms with E-state index < -0.39 is 5.82 Å². The summed E-state index contributed by atoms with van der Waals surface area (Å²) < 4.78 is 14.4. The highest BCUT2D eigenvalue weighted by Crippen LogP contribution is 2.30. The van der Waals surface area contributed by atoms with Gasteiger partial charge in [-0.15, -0.1) is 11.3 Å². The smallest absolute Gasteiger partial charge is 0.265 e. The molecule has 0 saturated heterocycles. The molecule has 1 aromatic carbocycles. The highest BCUT2D eigenvalue weighted by Gasteiger charge is 2.17. The van der Waals surface area contributed by atoms with Crippen molar-refractivity contribution in [2.45, 2.75) is 32.1 Å². The summed E-state index contributed by atoms with van der Waals surface area (Å²) in [5.41, 5.74) is 1.51. The number of aryl methyl sites for hydroxylation is 2. The highest BCUT2D eigenvalue weighted by atomic mass is 79.9. The number of carbonyl (C=O) groups is 1. The predicted molar refractivity (Wildman–Crippen MR) is 87.6 cm³/mol. The molecular weight excluding hydrogens is 353 g/mol. The van der Waals surface area contributed by atoms with Gasteiger partial charge in [0.15, 0.2) is 0 Å². The van der Waals surface area contributed by atoms with E-state index in [9.17, 15) is 9.18 Å². The van der Waals surface area contributed by atoms with E-state index in [0.717, 1.165) is 12.8 Å². The Morgan fingerprint density at radius 3 is 2.81 bits per heavy atom. The SMILES string of the molecule is O=C(Nc1ccc(Br)cc1F)c1cc2c(s1)CCCCC2. The maximum atomic E-state index is 13.8. The van der Waals surface area contributed by atoms with Crippen molar-refractivity contribution in [1.82, 2.24) is 0 Å². The number of fused-ring (bicyclic) bond motifs is 1. The number of nitrogens with one attached hydrogen (secondary N) is 1. The van der Waals surface area contributed by atoms with Gasteiger partial charge in [-0.2, -0.15) is 0 Å². The van der Waals surface area contributed by atoms with Crippen LogP contribution in [0.5, 0.6) is 0 Å². The molecule has 2 aromatic rings. The Bertz CT molecular complexity index is 659. The summed E-state index contributed by atoms with van der Waals surface area (Å²) in [6, 6.07) is 6.59. The summed E-state index contributed by atoms with van der Waals surface area (Å²) in [5.74, 6) is -0.662. The lowest BCUT2D eigenvalue weighted by Crippen LogP contribution is -2.11. The zero-order chi connectivity index (χ0) is 14.8. The minimum Gasteiger partial charge on any atom is -0.319 e. The topological polar surface area (TPSA) is 29.1 Å². The van der Waals surface area contributed by atoms with Gasteiger partial charge < -0.3 is 5.32 Å². The average molecular weight is 368 g/mol. The number of thiophene rings is 1. The monoisotopic (exact) mass is 367 g/mol. The molecule has 0 saturated carbocycles. The number of amides is 1. The number of rotatable bonds is 2. The van der Waals surface area contributed by atoms with Crippen LogP contribution in [0, 0.1) is 5.82 Å². The second-order valence-electron chi connectivity index (χ2n) is 5.20. The van der Waals surface area contributed by atoms with Crippen LogP contribution in [0.3, 0.4) is 0 Å². The van der Waals surface area contributed by atoms with Gasteiger partial charge in [0, 0.05) is 9.35 Å². The lowest BCUT2D eigenvalue weighted by Gasteiger charge is -2.05. The van der Waals surface area contributed by atoms with E-state index in [4.69, 9.17) is 0 Å². The zero-order valence-corrected chi connectivity index (χ0v) is 13.8. The second kappa shape index (κ2) is 6.28. The van der Waals surface area contributed by atoms with Crippen molar-refractivity contribution < 1.29 is 9.18 Å². The number of hydrogen-bond acceptors (Lipinski definition) is 2. The molecule has 0 fully saturated rings. The fraction of sp³-hybridized carbons (Fsp3) is 0.312. The van der Waals surface area contributed by atoms with E-state index in [1.807, 2.05) is 6.07 Å². The van der Waals surface area contributed by atoms with E-state index in [1.54, 1.807) is 23.5 Å². The Kier molecular flexibility index (Phi) is 4.40. The molecule has 1 heterocycles. The second-order valence-corrected chi connectivity index (χ2v) is 7.25. The molecule has 2 nitrogen and oxygen atoms in total. The standard InChI is InChI=1S/C16H15BrFNOS/c17-11-6-7-13(12(18)9-11)19-16(20)15-8-10-4-2-1-3-5-14(10)21-15/h6-9H,1-5H2,(H,19,20). The summed E-state index contributed by atoms with van der Waals surface area (Å²) in [5, 5.41) is 2.65. The van der Waals surface area contributed by atoms with Crippen molar-refractivity contribution in [3.8, 4) is 0 Å². The average Bonchev–Trinajstić information content (AvgIpc) is 2.73. The third kappa shape index (κ3) is 3.35. The minimum absolute atomic E-state index is 0.215. The van der Waals surface area contributed by atoms with Crippen molar-refractivity contribution in [1.29, 1.82) is 0 Å². The number of hydrogen-bond donors (Lipinski definition) is 1. The molecule has 0 unspecified atom stereocenters. The van der Waals surface area contributed by atoms with Crippen LogP contribution in [0.1, 0.15) is 39.4 Å². The van der Waals surface area contributed by atoms with Crippen LogP contribution in [0.25, 0.3) is 0 Å². The lowest BCUT2D eigenvalue weighted by atomic mass is 10.1. The summed E-state index contributed by atoms with van der Waals surface area (Å²) in [7, 11) is 0. The number of benzene rings is 1. The third-order valence-electron chi connectivity index (χ3n) is 3.65. The molecule has 0 atom stereocenters. The third-order valence-corrected chi connectivity index (χ3v) is 5.38. The van der Waals surface area contributed by atoms with Crippen LogP contribution in [-0.2, 0) is 12.8 Å². The van der Waals surface area contributed by atoms with E-state index in [2.05, 4.69) is 21.2 Å². The normalized spacial score (nSPS) is 14.4. The van der Waals surface area contributed by atoms with Crippen molar-refractivity contribution >= 4 is 38.9 Å². The largest absolute Gasteiger partial charge is 0.319 e. The van der Waals surface area contributed by atoms with Gasteiger partial charge in [0.05, 0.1) is 10.6 Å². The van der Waals surface area contributed by atoms with Gasteiger partial charge in [0.2, 0.25) is 0 Å². The molecule has 1 aliphatic rings. The first-order valence-electron chi connectivity index (χ1n) is 7.01. The van der Waals surface area contributed by atoms with E-state index in [-0.39, 0.29) is 11.6 Å². The van der Waals surface area contributed by atoms with Crippen LogP contribution >= 0.6 is 27.3 Å². The van der Waals surface area contributed by atoms with Crippen LogP contribution in [0.4, 0.5) is 10.1 Å². The zero-order valence-electron chi connectivity index (χ0n) is 11.4. The molecule has 0 bridgehead atoms. The number of anilines is 1. The molecular formula is C16H15BrFNOS. The molecule has 1 aliphatic carbocycles. The first kappa shape index (κ1) is 14.7. The van der Waals surface area contributed by atoms with Crippen molar-refractivity contribution in [2.24, 2.45) is 0 Å². The summed E-state index contributed by atoms with van der Waals surface area (Å²) in [6.07, 6.45) is 5.74. The Labute approximate surface area is 135 Å². The van der Waals surface area contributed by atoms with Crippen LogP contribution in [0.2, 0.25) is 0 Å². The van der Waals surface area contributed by atoms with Gasteiger partial charge >= 0.3 is 0 Å². The van der Waals surface area contributed by atoms with E-state index in [0.29, 0.717) is 9.35 Å². The maximum absolute atomic E-state index is 13.8. The van der Waals surface area contributed by atoms with Gasteiger partial charge in [0.25, 0.3) is 5.91 Å². The van der Waals surface area contributed by atoms with Crippen LogP contribution < -0.4 is 5.32 Å². The van der Waals surface area contributed by atoms with E-state index in [1.165, 1.54) is 35.8 Å². The van der Waals surface area contributed by atoms with Gasteiger partial charge in [0.1, 0.15) is 5.82 Å². The Morgan fingerprint density at radius 2 is 2.00 bits per heavy atom. The fourth-order valence-corrected chi connectivity index (χ4v) is 4.04. The van der Waals surface area contributed by atoms with Crippen LogP contribution in [0.15, 0.2) is 28.7 Å². The maximum Gasteiger partial charge on any atom is 0.265 e. The summed E-state index contributed by atoms with van der Waals surface area (Å²) in [4.78, 5) is 14.3. The highest BCUT2D eigenvalue weighted by molar-refractivity contribution is 9.10. The summed E-state index contributed by atoms with van der Waals surface area (Å²) in [6.45, 7) is 0. The number of halogens is 2.